The van der Waals surface area contributed by atoms with Crippen LogP contribution in [0.2, 0.25) is 5.02 Å². The first-order valence-electron chi connectivity index (χ1n) is 4.12. The summed E-state index contributed by atoms with van der Waals surface area (Å²) in [6.07, 6.45) is 0.749. The van der Waals surface area contributed by atoms with Gasteiger partial charge >= 0.3 is 0 Å². The molecule has 0 aromatic heterocycles. The molecule has 1 aromatic carbocycles. The summed E-state index contributed by atoms with van der Waals surface area (Å²) in [7, 11) is 1.51. The topological polar surface area (TPSA) is 53.2 Å². The number of nitriles is 1. The van der Waals surface area contributed by atoms with Crippen LogP contribution in [-0.2, 0) is 6.42 Å². The number of ether oxygens (including phenoxy) is 1. The van der Waals surface area contributed by atoms with Crippen LogP contribution in [0.25, 0.3) is 0 Å². The molecule has 14 heavy (non-hydrogen) atoms. The predicted octanol–water partition coefficient (Wildman–Crippen LogP) is 2.51. The fourth-order valence-corrected chi connectivity index (χ4v) is 1.50. The molecule has 0 aliphatic carbocycles. The molecule has 0 unspecified atom stereocenters. The standard InChI is InChI=1S/C10H10ClNO2/c1-14-9-5-4-8(13)7(10(9)11)3-2-6-12/h4-5,13H,2-3H2,1H3. The maximum atomic E-state index is 9.49. The number of halogens is 1. The summed E-state index contributed by atoms with van der Waals surface area (Å²) in [5.74, 6) is 0.614. The summed E-state index contributed by atoms with van der Waals surface area (Å²) in [4.78, 5) is 0. The number of phenols is 1. The minimum atomic E-state index is 0.103. The van der Waals surface area contributed by atoms with Crippen LogP contribution in [0.1, 0.15) is 12.0 Å². The summed E-state index contributed by atoms with van der Waals surface area (Å²) >= 11 is 5.96. The first-order valence-corrected chi connectivity index (χ1v) is 4.49. The fraction of sp³-hybridized carbons (Fsp3) is 0.300. The summed E-state index contributed by atoms with van der Waals surface area (Å²) < 4.78 is 4.99. The molecule has 0 bridgehead atoms. The third-order valence-electron chi connectivity index (χ3n) is 1.89. The third kappa shape index (κ3) is 2.09. The average Bonchev–Trinajstić information content (AvgIpc) is 2.18. The number of benzene rings is 1. The molecule has 1 N–H and O–H groups in total. The van der Waals surface area contributed by atoms with Crippen LogP contribution in [-0.4, -0.2) is 12.2 Å². The van der Waals surface area contributed by atoms with Gasteiger partial charge in [-0.25, -0.2) is 0 Å². The molecule has 1 rings (SSSR count). The van der Waals surface area contributed by atoms with Gasteiger partial charge < -0.3 is 9.84 Å². The highest BCUT2D eigenvalue weighted by atomic mass is 35.5. The molecule has 0 saturated carbocycles. The molecule has 0 spiro atoms. The minimum absolute atomic E-state index is 0.103. The maximum Gasteiger partial charge on any atom is 0.138 e. The van der Waals surface area contributed by atoms with Gasteiger partial charge in [0.15, 0.2) is 0 Å². The van der Waals surface area contributed by atoms with Crippen molar-refractivity contribution in [3.63, 3.8) is 0 Å². The zero-order valence-corrected chi connectivity index (χ0v) is 8.51. The Morgan fingerprint density at radius 3 is 2.86 bits per heavy atom. The Hall–Kier alpha value is -1.40. The van der Waals surface area contributed by atoms with Gasteiger partial charge in [-0.1, -0.05) is 11.6 Å². The summed E-state index contributed by atoms with van der Waals surface area (Å²) in [5.41, 5.74) is 0.563. The van der Waals surface area contributed by atoms with E-state index in [1.807, 2.05) is 6.07 Å². The number of hydrogen-bond donors (Lipinski definition) is 1. The molecule has 0 radical (unpaired) electrons. The zero-order chi connectivity index (χ0) is 10.6. The number of rotatable bonds is 3. The van der Waals surface area contributed by atoms with Gasteiger partial charge in [0.1, 0.15) is 11.5 Å². The van der Waals surface area contributed by atoms with Gasteiger partial charge in [0, 0.05) is 12.0 Å². The van der Waals surface area contributed by atoms with Crippen LogP contribution in [0.4, 0.5) is 0 Å². The van der Waals surface area contributed by atoms with Crippen LogP contribution in [0, 0.1) is 11.3 Å². The van der Waals surface area contributed by atoms with Gasteiger partial charge in [0.25, 0.3) is 0 Å². The smallest absolute Gasteiger partial charge is 0.138 e. The summed E-state index contributed by atoms with van der Waals surface area (Å²) in [5, 5.41) is 18.3. The van der Waals surface area contributed by atoms with Crippen LogP contribution in [0.3, 0.4) is 0 Å². The third-order valence-corrected chi connectivity index (χ3v) is 2.30. The molecule has 74 valence electrons. The van der Waals surface area contributed by atoms with E-state index < -0.39 is 0 Å². The van der Waals surface area contributed by atoms with Crippen molar-refractivity contribution >= 4 is 11.6 Å². The Morgan fingerprint density at radius 2 is 2.29 bits per heavy atom. The van der Waals surface area contributed by atoms with E-state index in [0.717, 1.165) is 0 Å². The monoisotopic (exact) mass is 211 g/mol. The Kier molecular flexibility index (Phi) is 3.61. The van der Waals surface area contributed by atoms with E-state index in [9.17, 15) is 5.11 Å². The minimum Gasteiger partial charge on any atom is -0.508 e. The fourth-order valence-electron chi connectivity index (χ4n) is 1.17. The zero-order valence-electron chi connectivity index (χ0n) is 7.75. The first kappa shape index (κ1) is 10.7. The van der Waals surface area contributed by atoms with Crippen LogP contribution in [0.15, 0.2) is 12.1 Å². The van der Waals surface area contributed by atoms with Crippen molar-refractivity contribution in [3.05, 3.63) is 22.7 Å². The van der Waals surface area contributed by atoms with Gasteiger partial charge in [-0.05, 0) is 18.6 Å². The van der Waals surface area contributed by atoms with Gasteiger partial charge in [-0.3, -0.25) is 0 Å². The molecule has 1 aromatic rings. The van der Waals surface area contributed by atoms with E-state index in [4.69, 9.17) is 21.6 Å². The lowest BCUT2D eigenvalue weighted by Crippen LogP contribution is -1.91. The Labute approximate surface area is 87.5 Å². The largest absolute Gasteiger partial charge is 0.508 e. The molecular weight excluding hydrogens is 202 g/mol. The molecule has 4 heteroatoms. The normalized spacial score (nSPS) is 9.50. The lowest BCUT2D eigenvalue weighted by molar-refractivity contribution is 0.411. The lowest BCUT2D eigenvalue weighted by atomic mass is 10.1. The number of aromatic hydroxyl groups is 1. The highest BCUT2D eigenvalue weighted by Crippen LogP contribution is 2.34. The van der Waals surface area contributed by atoms with E-state index in [0.29, 0.717) is 29.2 Å². The van der Waals surface area contributed by atoms with E-state index >= 15 is 0 Å². The van der Waals surface area contributed by atoms with Crippen molar-refractivity contribution < 1.29 is 9.84 Å². The first-order chi connectivity index (χ1) is 6.70. The highest BCUT2D eigenvalue weighted by Gasteiger charge is 2.11. The quantitative estimate of drug-likeness (QED) is 0.836. The molecule has 0 amide bonds. The lowest BCUT2D eigenvalue weighted by Gasteiger charge is -2.09. The molecule has 0 atom stereocenters. The van der Waals surface area contributed by atoms with Crippen molar-refractivity contribution in [2.45, 2.75) is 12.8 Å². The van der Waals surface area contributed by atoms with Crippen molar-refractivity contribution in [2.75, 3.05) is 7.11 Å². The molecule has 0 aliphatic rings. The van der Waals surface area contributed by atoms with Gasteiger partial charge in [-0.15, -0.1) is 0 Å². The van der Waals surface area contributed by atoms with Crippen LogP contribution < -0.4 is 4.74 Å². The highest BCUT2D eigenvalue weighted by molar-refractivity contribution is 6.33. The van der Waals surface area contributed by atoms with Crippen molar-refractivity contribution in [1.29, 1.82) is 5.26 Å². The number of hydrogen-bond acceptors (Lipinski definition) is 3. The number of nitrogens with zero attached hydrogens (tertiary/aromatic N) is 1. The maximum absolute atomic E-state index is 9.49. The molecule has 0 heterocycles. The molecule has 3 nitrogen and oxygen atoms in total. The summed E-state index contributed by atoms with van der Waals surface area (Å²) in [6, 6.07) is 5.10. The molecule has 0 fully saturated rings. The predicted molar refractivity (Wildman–Crippen MR) is 53.6 cm³/mol. The molecule has 0 saturated heterocycles. The van der Waals surface area contributed by atoms with Crippen molar-refractivity contribution in [2.24, 2.45) is 0 Å². The molecule has 0 aliphatic heterocycles. The van der Waals surface area contributed by atoms with Crippen LogP contribution in [0.5, 0.6) is 11.5 Å². The van der Waals surface area contributed by atoms with E-state index in [1.54, 1.807) is 6.07 Å². The van der Waals surface area contributed by atoms with Gasteiger partial charge in [0.2, 0.25) is 0 Å². The van der Waals surface area contributed by atoms with Crippen molar-refractivity contribution in [3.8, 4) is 17.6 Å². The second-order valence-corrected chi connectivity index (χ2v) is 3.12. The Morgan fingerprint density at radius 1 is 1.57 bits per heavy atom. The second-order valence-electron chi connectivity index (χ2n) is 2.74. The van der Waals surface area contributed by atoms with E-state index in [-0.39, 0.29) is 5.75 Å². The van der Waals surface area contributed by atoms with Gasteiger partial charge in [-0.2, -0.15) is 5.26 Å². The van der Waals surface area contributed by atoms with Crippen LogP contribution >= 0.6 is 11.6 Å². The van der Waals surface area contributed by atoms with E-state index in [2.05, 4.69) is 0 Å². The van der Waals surface area contributed by atoms with E-state index in [1.165, 1.54) is 13.2 Å². The number of methoxy groups -OCH3 is 1. The summed E-state index contributed by atoms with van der Waals surface area (Å²) in [6.45, 7) is 0. The average molecular weight is 212 g/mol. The van der Waals surface area contributed by atoms with Crippen molar-refractivity contribution in [1.82, 2.24) is 0 Å². The Balaban J connectivity index is 3.06. The SMILES string of the molecule is COc1ccc(O)c(CCC#N)c1Cl. The molecular formula is C10H10ClNO2. The van der Waals surface area contributed by atoms with Gasteiger partial charge in [0.05, 0.1) is 18.2 Å². The second kappa shape index (κ2) is 4.73. The Bertz CT molecular complexity index is 371. The number of phenolic OH excluding ortho intramolecular Hbond substituents is 1.